The van der Waals surface area contributed by atoms with Crippen LogP contribution in [-0.4, -0.2) is 24.2 Å². The van der Waals surface area contributed by atoms with Gasteiger partial charge < -0.3 is 15.0 Å². The van der Waals surface area contributed by atoms with Crippen LogP contribution < -0.4 is 5.32 Å². The number of fused-ring (bicyclic) bond motifs is 1. The van der Waals surface area contributed by atoms with Crippen molar-refractivity contribution in [1.29, 1.82) is 0 Å². The van der Waals surface area contributed by atoms with Gasteiger partial charge in [-0.3, -0.25) is 0 Å². The number of anilines is 1. The van der Waals surface area contributed by atoms with Crippen LogP contribution in [0.5, 0.6) is 0 Å². The summed E-state index contributed by atoms with van der Waals surface area (Å²) in [5, 5.41) is 4.88. The van der Waals surface area contributed by atoms with Crippen LogP contribution in [0.2, 0.25) is 0 Å². The number of hydrogen-bond donors (Lipinski definition) is 2. The number of H-pyrrole nitrogens is 1. The SMILES string of the molecule is COC1CCCCC1Nc1ccc2[nH]ccc2c1. The van der Waals surface area contributed by atoms with E-state index in [1.165, 1.54) is 42.3 Å². The van der Waals surface area contributed by atoms with Crippen molar-refractivity contribution in [2.24, 2.45) is 0 Å². The van der Waals surface area contributed by atoms with E-state index in [0.717, 1.165) is 0 Å². The number of aromatic nitrogens is 1. The second-order valence-electron chi connectivity index (χ2n) is 5.09. The van der Waals surface area contributed by atoms with Crippen LogP contribution in [0, 0.1) is 0 Å². The van der Waals surface area contributed by atoms with Crippen LogP contribution in [0.4, 0.5) is 5.69 Å². The van der Waals surface area contributed by atoms with E-state index in [0.29, 0.717) is 12.1 Å². The van der Waals surface area contributed by atoms with E-state index in [2.05, 4.69) is 34.6 Å². The molecule has 0 aliphatic heterocycles. The molecule has 1 aromatic carbocycles. The second kappa shape index (κ2) is 5.02. The predicted octanol–water partition coefficient (Wildman–Crippen LogP) is 3.54. The van der Waals surface area contributed by atoms with Crippen molar-refractivity contribution in [1.82, 2.24) is 4.98 Å². The van der Waals surface area contributed by atoms with Crippen molar-refractivity contribution in [2.75, 3.05) is 12.4 Å². The van der Waals surface area contributed by atoms with Crippen LogP contribution in [-0.2, 0) is 4.74 Å². The number of ether oxygens (including phenoxy) is 1. The first kappa shape index (κ1) is 11.6. The van der Waals surface area contributed by atoms with Crippen molar-refractivity contribution in [3.05, 3.63) is 30.5 Å². The molecule has 1 saturated carbocycles. The molecule has 0 bridgehead atoms. The van der Waals surface area contributed by atoms with E-state index in [-0.39, 0.29) is 0 Å². The van der Waals surface area contributed by atoms with E-state index >= 15 is 0 Å². The molecule has 0 radical (unpaired) electrons. The number of benzene rings is 1. The maximum absolute atomic E-state index is 5.58. The minimum atomic E-state index is 0.348. The normalized spacial score (nSPS) is 24.3. The molecule has 3 heteroatoms. The van der Waals surface area contributed by atoms with Gasteiger partial charge in [-0.1, -0.05) is 12.8 Å². The minimum absolute atomic E-state index is 0.348. The lowest BCUT2D eigenvalue weighted by Crippen LogP contribution is -2.37. The van der Waals surface area contributed by atoms with E-state index < -0.39 is 0 Å². The molecule has 1 aliphatic rings. The Labute approximate surface area is 108 Å². The van der Waals surface area contributed by atoms with Crippen LogP contribution in [0.3, 0.4) is 0 Å². The van der Waals surface area contributed by atoms with Gasteiger partial charge in [0.05, 0.1) is 12.1 Å². The number of methoxy groups -OCH3 is 1. The Kier molecular flexibility index (Phi) is 3.24. The van der Waals surface area contributed by atoms with Crippen molar-refractivity contribution >= 4 is 16.6 Å². The van der Waals surface area contributed by atoms with Gasteiger partial charge in [-0.15, -0.1) is 0 Å². The molecule has 0 spiro atoms. The van der Waals surface area contributed by atoms with Crippen molar-refractivity contribution in [2.45, 2.75) is 37.8 Å². The lowest BCUT2D eigenvalue weighted by molar-refractivity contribution is 0.0606. The lowest BCUT2D eigenvalue weighted by Gasteiger charge is -2.31. The van der Waals surface area contributed by atoms with Crippen molar-refractivity contribution < 1.29 is 4.74 Å². The number of aromatic amines is 1. The summed E-state index contributed by atoms with van der Waals surface area (Å²) in [7, 11) is 1.82. The average molecular weight is 244 g/mol. The van der Waals surface area contributed by atoms with E-state index in [9.17, 15) is 0 Å². The molecule has 18 heavy (non-hydrogen) atoms. The molecule has 3 nitrogen and oxygen atoms in total. The molecule has 2 unspecified atom stereocenters. The van der Waals surface area contributed by atoms with Crippen LogP contribution in [0.25, 0.3) is 10.9 Å². The molecule has 1 aliphatic carbocycles. The third-order valence-electron chi connectivity index (χ3n) is 3.91. The molecular weight excluding hydrogens is 224 g/mol. The maximum Gasteiger partial charge on any atom is 0.0772 e. The fraction of sp³-hybridized carbons (Fsp3) is 0.467. The third kappa shape index (κ3) is 2.23. The average Bonchev–Trinajstić information content (AvgIpc) is 2.87. The molecule has 2 atom stereocenters. The Morgan fingerprint density at radius 1 is 1.22 bits per heavy atom. The minimum Gasteiger partial charge on any atom is -0.380 e. The van der Waals surface area contributed by atoms with Gasteiger partial charge >= 0.3 is 0 Å². The van der Waals surface area contributed by atoms with Gasteiger partial charge in [0, 0.05) is 29.9 Å². The highest BCUT2D eigenvalue weighted by atomic mass is 16.5. The Morgan fingerprint density at radius 3 is 3.00 bits per heavy atom. The molecule has 0 amide bonds. The summed E-state index contributed by atoms with van der Waals surface area (Å²) in [6, 6.07) is 9.02. The summed E-state index contributed by atoms with van der Waals surface area (Å²) in [6.07, 6.45) is 7.27. The highest BCUT2D eigenvalue weighted by molar-refractivity contribution is 5.83. The Balaban J connectivity index is 1.77. The van der Waals surface area contributed by atoms with E-state index in [1.54, 1.807) is 0 Å². The summed E-state index contributed by atoms with van der Waals surface area (Å²) in [4.78, 5) is 3.22. The molecule has 0 saturated heterocycles. The van der Waals surface area contributed by atoms with Gasteiger partial charge in [0.15, 0.2) is 0 Å². The van der Waals surface area contributed by atoms with Crippen LogP contribution in [0.1, 0.15) is 25.7 Å². The van der Waals surface area contributed by atoms with Crippen molar-refractivity contribution in [3.8, 4) is 0 Å². The maximum atomic E-state index is 5.58. The zero-order valence-corrected chi connectivity index (χ0v) is 10.8. The Hall–Kier alpha value is -1.48. The van der Waals surface area contributed by atoms with Crippen molar-refractivity contribution in [3.63, 3.8) is 0 Å². The van der Waals surface area contributed by atoms with E-state index in [1.807, 2.05) is 13.3 Å². The zero-order valence-electron chi connectivity index (χ0n) is 10.8. The Morgan fingerprint density at radius 2 is 2.11 bits per heavy atom. The summed E-state index contributed by atoms with van der Waals surface area (Å²) >= 11 is 0. The molecule has 2 aromatic rings. The fourth-order valence-corrected chi connectivity index (χ4v) is 2.90. The largest absolute Gasteiger partial charge is 0.380 e. The topological polar surface area (TPSA) is 37.0 Å². The highest BCUT2D eigenvalue weighted by Crippen LogP contribution is 2.25. The second-order valence-corrected chi connectivity index (χ2v) is 5.09. The standard InChI is InChI=1S/C15H20N2O/c1-18-15-5-3-2-4-14(15)17-12-6-7-13-11(10-12)8-9-16-13/h6-10,14-17H,2-5H2,1H3. The number of hydrogen-bond acceptors (Lipinski definition) is 2. The molecule has 2 N–H and O–H groups in total. The summed E-state index contributed by atoms with van der Waals surface area (Å²) in [5.41, 5.74) is 2.38. The monoisotopic (exact) mass is 244 g/mol. The van der Waals surface area contributed by atoms with Gasteiger partial charge in [0.2, 0.25) is 0 Å². The molecule has 1 aromatic heterocycles. The summed E-state index contributed by atoms with van der Waals surface area (Å²) < 4.78 is 5.58. The first-order valence-electron chi connectivity index (χ1n) is 6.73. The quantitative estimate of drug-likeness (QED) is 0.866. The third-order valence-corrected chi connectivity index (χ3v) is 3.91. The number of nitrogens with one attached hydrogen (secondary N) is 2. The van der Waals surface area contributed by atoms with Gasteiger partial charge in [-0.2, -0.15) is 0 Å². The van der Waals surface area contributed by atoms with Gasteiger partial charge in [0.25, 0.3) is 0 Å². The first-order chi connectivity index (χ1) is 8.86. The Bertz CT molecular complexity index is 520. The highest BCUT2D eigenvalue weighted by Gasteiger charge is 2.24. The van der Waals surface area contributed by atoms with Crippen LogP contribution in [0.15, 0.2) is 30.5 Å². The predicted molar refractivity (Wildman–Crippen MR) is 75.0 cm³/mol. The molecule has 1 fully saturated rings. The van der Waals surface area contributed by atoms with E-state index in [4.69, 9.17) is 4.74 Å². The molecule has 1 heterocycles. The number of rotatable bonds is 3. The van der Waals surface area contributed by atoms with Gasteiger partial charge in [-0.05, 0) is 37.1 Å². The molecule has 3 rings (SSSR count). The zero-order chi connectivity index (χ0) is 12.4. The molecular formula is C15H20N2O. The lowest BCUT2D eigenvalue weighted by atomic mass is 9.92. The van der Waals surface area contributed by atoms with Gasteiger partial charge in [-0.25, -0.2) is 0 Å². The molecule has 96 valence electrons. The summed E-state index contributed by atoms with van der Waals surface area (Å²) in [5.74, 6) is 0. The fourth-order valence-electron chi connectivity index (χ4n) is 2.90. The van der Waals surface area contributed by atoms with Crippen LogP contribution >= 0.6 is 0 Å². The van der Waals surface area contributed by atoms with Gasteiger partial charge in [0.1, 0.15) is 0 Å². The first-order valence-corrected chi connectivity index (χ1v) is 6.73. The summed E-state index contributed by atoms with van der Waals surface area (Å²) in [6.45, 7) is 0. The smallest absolute Gasteiger partial charge is 0.0772 e.